The first-order valence-corrected chi connectivity index (χ1v) is 8.93. The van der Waals surface area contributed by atoms with Crippen molar-refractivity contribution in [2.75, 3.05) is 14.1 Å². The summed E-state index contributed by atoms with van der Waals surface area (Å²) in [5.41, 5.74) is 8.97. The summed E-state index contributed by atoms with van der Waals surface area (Å²) in [7, 11) is 3.72. The SMILES string of the molecule is CN(C)N1C(N)=C(C#N)[C@H](c2cccc(Cl)c2)C2=C1CC(C)(C)CC2=O. The molecule has 1 aromatic rings. The number of rotatable bonds is 2. The summed E-state index contributed by atoms with van der Waals surface area (Å²) in [4.78, 5) is 13.1. The third-order valence-corrected chi connectivity index (χ3v) is 5.17. The lowest BCUT2D eigenvalue weighted by Crippen LogP contribution is -2.47. The Hall–Kier alpha value is -2.29. The minimum absolute atomic E-state index is 0.0633. The second kappa shape index (κ2) is 6.46. The number of benzene rings is 1. The number of ketones is 1. The Morgan fingerprint density at radius 1 is 1.35 bits per heavy atom. The van der Waals surface area contributed by atoms with Gasteiger partial charge < -0.3 is 5.73 Å². The zero-order valence-corrected chi connectivity index (χ0v) is 16.3. The second-order valence-corrected chi connectivity index (χ2v) is 8.30. The van der Waals surface area contributed by atoms with E-state index in [1.165, 1.54) is 0 Å². The van der Waals surface area contributed by atoms with Gasteiger partial charge in [-0.05, 0) is 29.5 Å². The van der Waals surface area contributed by atoms with Gasteiger partial charge in [0.1, 0.15) is 5.82 Å². The van der Waals surface area contributed by atoms with Gasteiger partial charge in [-0.1, -0.05) is 37.6 Å². The lowest BCUT2D eigenvalue weighted by molar-refractivity contribution is -0.119. The number of carbonyl (C=O) groups is 1. The summed E-state index contributed by atoms with van der Waals surface area (Å²) in [6.07, 6.45) is 1.16. The molecule has 0 bridgehead atoms. The fraction of sp³-hybridized carbons (Fsp3) is 0.400. The van der Waals surface area contributed by atoms with Gasteiger partial charge in [-0.15, -0.1) is 0 Å². The molecule has 0 unspecified atom stereocenters. The Labute approximate surface area is 159 Å². The lowest BCUT2D eigenvalue weighted by atomic mass is 9.69. The Morgan fingerprint density at radius 2 is 2.04 bits per heavy atom. The molecule has 0 saturated carbocycles. The molecule has 0 amide bonds. The summed E-state index contributed by atoms with van der Waals surface area (Å²) in [5, 5.41) is 14.0. The van der Waals surface area contributed by atoms with Crippen molar-refractivity contribution in [2.45, 2.75) is 32.6 Å². The summed E-state index contributed by atoms with van der Waals surface area (Å²) in [6, 6.07) is 9.55. The van der Waals surface area contributed by atoms with Crippen LogP contribution in [0, 0.1) is 16.7 Å². The Bertz CT molecular complexity index is 876. The Balaban J connectivity index is 2.30. The van der Waals surface area contributed by atoms with Crippen molar-refractivity contribution in [1.82, 2.24) is 10.0 Å². The molecule has 26 heavy (non-hydrogen) atoms. The highest BCUT2D eigenvalue weighted by molar-refractivity contribution is 6.30. The molecule has 1 heterocycles. The van der Waals surface area contributed by atoms with Crippen LogP contribution in [0.25, 0.3) is 0 Å². The molecule has 5 nitrogen and oxygen atoms in total. The van der Waals surface area contributed by atoms with Crippen molar-refractivity contribution in [3.05, 3.63) is 57.5 Å². The highest BCUT2D eigenvalue weighted by Crippen LogP contribution is 2.49. The standard InChI is InChI=1S/C20H23ClN4O/c1-20(2)9-15-18(16(26)10-20)17(12-6-5-7-13(21)8-12)14(11-22)19(23)25(15)24(3)4/h5-8,17H,9-10,23H2,1-4H3/t17-/m0/s1. The van der Waals surface area contributed by atoms with E-state index in [0.717, 1.165) is 11.3 Å². The number of nitrogens with zero attached hydrogens (tertiary/aromatic N) is 3. The highest BCUT2D eigenvalue weighted by atomic mass is 35.5. The summed E-state index contributed by atoms with van der Waals surface area (Å²) >= 11 is 6.18. The fourth-order valence-electron chi connectivity index (χ4n) is 3.97. The van der Waals surface area contributed by atoms with Gasteiger partial charge in [0.2, 0.25) is 0 Å². The molecule has 0 spiro atoms. The van der Waals surface area contributed by atoms with Gasteiger partial charge in [0, 0.05) is 36.8 Å². The number of hydrogen-bond donors (Lipinski definition) is 1. The Kier molecular flexibility index (Phi) is 4.60. The molecule has 0 aromatic heterocycles. The van der Waals surface area contributed by atoms with E-state index < -0.39 is 5.92 Å². The van der Waals surface area contributed by atoms with Gasteiger partial charge in [0.15, 0.2) is 5.78 Å². The molecular formula is C20H23ClN4O. The smallest absolute Gasteiger partial charge is 0.162 e. The van der Waals surface area contributed by atoms with Crippen LogP contribution in [-0.4, -0.2) is 29.9 Å². The molecule has 2 aliphatic rings. The number of nitriles is 1. The van der Waals surface area contributed by atoms with Crippen LogP contribution < -0.4 is 5.73 Å². The van der Waals surface area contributed by atoms with Crippen molar-refractivity contribution in [2.24, 2.45) is 11.1 Å². The van der Waals surface area contributed by atoms with Gasteiger partial charge in [0.05, 0.1) is 17.6 Å². The monoisotopic (exact) mass is 370 g/mol. The summed E-state index contributed by atoms with van der Waals surface area (Å²) in [5.74, 6) is -0.0476. The minimum Gasteiger partial charge on any atom is -0.383 e. The predicted octanol–water partition coefficient (Wildman–Crippen LogP) is 3.55. The molecule has 0 radical (unpaired) electrons. The number of hydrogen-bond acceptors (Lipinski definition) is 5. The fourth-order valence-corrected chi connectivity index (χ4v) is 4.17. The van der Waals surface area contributed by atoms with Gasteiger partial charge in [-0.25, -0.2) is 5.01 Å². The number of allylic oxidation sites excluding steroid dienone is 3. The minimum atomic E-state index is -0.478. The molecule has 136 valence electrons. The molecule has 0 saturated heterocycles. The van der Waals surface area contributed by atoms with Crippen LogP contribution in [0.5, 0.6) is 0 Å². The first-order chi connectivity index (χ1) is 12.2. The van der Waals surface area contributed by atoms with Gasteiger partial charge in [-0.3, -0.25) is 9.80 Å². The quantitative estimate of drug-likeness (QED) is 0.861. The number of halogens is 1. The number of nitrogens with two attached hydrogens (primary N) is 1. The van der Waals surface area contributed by atoms with Gasteiger partial charge >= 0.3 is 0 Å². The molecule has 6 heteroatoms. The van der Waals surface area contributed by atoms with Gasteiger partial charge in [0.25, 0.3) is 0 Å². The van der Waals surface area contributed by atoms with E-state index in [1.807, 2.05) is 31.2 Å². The molecule has 1 aliphatic carbocycles. The zero-order chi connectivity index (χ0) is 19.2. The number of hydrazine groups is 1. The van der Waals surface area contributed by atoms with Crippen LogP contribution in [0.2, 0.25) is 5.02 Å². The van der Waals surface area contributed by atoms with E-state index in [0.29, 0.717) is 34.8 Å². The Morgan fingerprint density at radius 3 is 2.62 bits per heavy atom. The second-order valence-electron chi connectivity index (χ2n) is 7.86. The van der Waals surface area contributed by atoms with E-state index >= 15 is 0 Å². The van der Waals surface area contributed by atoms with Crippen molar-refractivity contribution < 1.29 is 4.79 Å². The number of carbonyl (C=O) groups excluding carboxylic acids is 1. The van der Waals surface area contributed by atoms with Crippen molar-refractivity contribution in [1.29, 1.82) is 5.26 Å². The average Bonchev–Trinajstić information content (AvgIpc) is 2.52. The summed E-state index contributed by atoms with van der Waals surface area (Å²) in [6.45, 7) is 4.16. The third kappa shape index (κ3) is 3.00. The van der Waals surface area contributed by atoms with Crippen molar-refractivity contribution in [3.8, 4) is 6.07 Å². The van der Waals surface area contributed by atoms with E-state index in [1.54, 1.807) is 17.1 Å². The van der Waals surface area contributed by atoms with E-state index in [4.69, 9.17) is 17.3 Å². The molecule has 3 rings (SSSR count). The zero-order valence-electron chi connectivity index (χ0n) is 15.5. The largest absolute Gasteiger partial charge is 0.383 e. The van der Waals surface area contributed by atoms with E-state index in [2.05, 4.69) is 19.9 Å². The average molecular weight is 371 g/mol. The number of Topliss-reactive ketones (excluding diaryl/α,β-unsaturated/α-hetero) is 1. The highest BCUT2D eigenvalue weighted by Gasteiger charge is 2.44. The molecule has 0 fully saturated rings. The third-order valence-electron chi connectivity index (χ3n) is 4.94. The molecular weight excluding hydrogens is 348 g/mol. The molecule has 1 aliphatic heterocycles. The van der Waals surface area contributed by atoms with Crippen LogP contribution in [-0.2, 0) is 4.79 Å². The van der Waals surface area contributed by atoms with E-state index in [-0.39, 0.29) is 11.2 Å². The maximum Gasteiger partial charge on any atom is 0.162 e. The first-order valence-electron chi connectivity index (χ1n) is 8.55. The molecule has 1 aromatic carbocycles. The first kappa shape index (κ1) is 18.5. The van der Waals surface area contributed by atoms with Crippen LogP contribution in [0.3, 0.4) is 0 Å². The van der Waals surface area contributed by atoms with Crippen LogP contribution in [0.15, 0.2) is 46.9 Å². The van der Waals surface area contributed by atoms with Crippen LogP contribution >= 0.6 is 11.6 Å². The van der Waals surface area contributed by atoms with Crippen LogP contribution in [0.4, 0.5) is 0 Å². The normalized spacial score (nSPS) is 22.6. The maximum atomic E-state index is 13.1. The molecule has 1 atom stereocenters. The van der Waals surface area contributed by atoms with Crippen LogP contribution in [0.1, 0.15) is 38.2 Å². The molecule has 2 N–H and O–H groups in total. The lowest BCUT2D eigenvalue weighted by Gasteiger charge is -2.45. The predicted molar refractivity (Wildman–Crippen MR) is 102 cm³/mol. The topological polar surface area (TPSA) is 73.4 Å². The van der Waals surface area contributed by atoms with E-state index in [9.17, 15) is 10.1 Å². The maximum absolute atomic E-state index is 13.1. The summed E-state index contributed by atoms with van der Waals surface area (Å²) < 4.78 is 0. The van der Waals surface area contributed by atoms with Crippen molar-refractivity contribution in [3.63, 3.8) is 0 Å². The van der Waals surface area contributed by atoms with Crippen molar-refractivity contribution >= 4 is 17.4 Å². The van der Waals surface area contributed by atoms with Gasteiger partial charge in [-0.2, -0.15) is 5.26 Å².